The van der Waals surface area contributed by atoms with Gasteiger partial charge in [-0.25, -0.2) is 0 Å². The van der Waals surface area contributed by atoms with Crippen LogP contribution in [-0.2, 0) is 6.54 Å². The Bertz CT molecular complexity index is 506. The van der Waals surface area contributed by atoms with Crippen LogP contribution in [0.4, 0.5) is 0 Å². The fourth-order valence-electron chi connectivity index (χ4n) is 1.54. The molecule has 4 heteroatoms. The molecule has 0 aliphatic heterocycles. The third-order valence-electron chi connectivity index (χ3n) is 2.29. The molecule has 17 heavy (non-hydrogen) atoms. The van der Waals surface area contributed by atoms with Crippen molar-refractivity contribution in [2.24, 2.45) is 0 Å². The summed E-state index contributed by atoms with van der Waals surface area (Å²) < 4.78 is 7.44. The lowest BCUT2D eigenvalue weighted by Gasteiger charge is -2.02. The molecule has 2 rings (SSSR count). The molecule has 0 atom stereocenters. The van der Waals surface area contributed by atoms with Gasteiger partial charge in [-0.15, -0.1) is 0 Å². The van der Waals surface area contributed by atoms with Crippen molar-refractivity contribution in [1.29, 1.82) is 0 Å². The van der Waals surface area contributed by atoms with Gasteiger partial charge in [0.15, 0.2) is 5.75 Å². The highest BCUT2D eigenvalue weighted by atomic mass is 16.5. The summed E-state index contributed by atoms with van der Waals surface area (Å²) in [4.78, 5) is 10.6. The molecule has 4 nitrogen and oxygen atoms in total. The largest absolute Gasteiger partial charge is 0.454 e. The van der Waals surface area contributed by atoms with Crippen molar-refractivity contribution in [2.75, 3.05) is 0 Å². The Kier molecular flexibility index (Phi) is 3.55. The molecule has 1 aromatic heterocycles. The first-order valence-corrected chi connectivity index (χ1v) is 5.57. The molecule has 0 N–H and O–H groups in total. The third-order valence-corrected chi connectivity index (χ3v) is 2.29. The topological polar surface area (TPSA) is 44.1 Å². The average Bonchev–Trinajstić information content (AvgIpc) is 2.77. The minimum atomic E-state index is 0.600. The standard InChI is InChI=1S/C13H14N2O2/c1-2-6-15-9-13(8-14-15)17-12-5-3-4-11(7-12)10-16/h3-5,7-10H,2,6H2,1H3. The van der Waals surface area contributed by atoms with Gasteiger partial charge in [0.1, 0.15) is 12.0 Å². The quantitative estimate of drug-likeness (QED) is 0.742. The number of aryl methyl sites for hydroxylation is 1. The second kappa shape index (κ2) is 5.30. The van der Waals surface area contributed by atoms with Crippen molar-refractivity contribution >= 4 is 6.29 Å². The number of carbonyl (C=O) groups is 1. The fraction of sp³-hybridized carbons (Fsp3) is 0.231. The second-order valence-electron chi connectivity index (χ2n) is 3.73. The van der Waals surface area contributed by atoms with E-state index in [-0.39, 0.29) is 0 Å². The van der Waals surface area contributed by atoms with Crippen molar-refractivity contribution in [2.45, 2.75) is 19.9 Å². The highest BCUT2D eigenvalue weighted by Crippen LogP contribution is 2.21. The first-order chi connectivity index (χ1) is 8.31. The summed E-state index contributed by atoms with van der Waals surface area (Å²) in [5.74, 6) is 1.33. The number of carbonyl (C=O) groups excluding carboxylic acids is 1. The lowest BCUT2D eigenvalue weighted by atomic mass is 10.2. The van der Waals surface area contributed by atoms with E-state index < -0.39 is 0 Å². The van der Waals surface area contributed by atoms with Crippen LogP contribution in [0.1, 0.15) is 23.7 Å². The van der Waals surface area contributed by atoms with E-state index in [9.17, 15) is 4.79 Å². The molecule has 0 saturated heterocycles. The number of hydrogen-bond acceptors (Lipinski definition) is 3. The van der Waals surface area contributed by atoms with Gasteiger partial charge in [-0.05, 0) is 18.6 Å². The molecule has 1 aromatic carbocycles. The lowest BCUT2D eigenvalue weighted by Crippen LogP contribution is -1.95. The maximum atomic E-state index is 10.6. The smallest absolute Gasteiger partial charge is 0.165 e. The van der Waals surface area contributed by atoms with Crippen LogP contribution in [0.25, 0.3) is 0 Å². The Morgan fingerprint density at radius 2 is 2.29 bits per heavy atom. The molecule has 0 spiro atoms. The monoisotopic (exact) mass is 230 g/mol. The fourth-order valence-corrected chi connectivity index (χ4v) is 1.54. The minimum Gasteiger partial charge on any atom is -0.454 e. The Morgan fingerprint density at radius 1 is 1.41 bits per heavy atom. The summed E-state index contributed by atoms with van der Waals surface area (Å²) in [5.41, 5.74) is 0.600. The predicted octanol–water partition coefficient (Wildman–Crippen LogP) is 2.90. The molecule has 0 saturated carbocycles. The molecule has 2 aromatic rings. The number of nitrogens with zero attached hydrogens (tertiary/aromatic N) is 2. The summed E-state index contributed by atoms with van der Waals surface area (Å²) in [7, 11) is 0. The van der Waals surface area contributed by atoms with Crippen LogP contribution >= 0.6 is 0 Å². The molecule has 0 fully saturated rings. The van der Waals surface area contributed by atoms with Crippen molar-refractivity contribution in [3.8, 4) is 11.5 Å². The van der Waals surface area contributed by atoms with E-state index in [1.165, 1.54) is 0 Å². The number of aromatic nitrogens is 2. The van der Waals surface area contributed by atoms with Gasteiger partial charge in [0.05, 0.1) is 12.4 Å². The summed E-state index contributed by atoms with van der Waals surface area (Å²) >= 11 is 0. The van der Waals surface area contributed by atoms with E-state index in [4.69, 9.17) is 4.74 Å². The maximum absolute atomic E-state index is 10.6. The van der Waals surface area contributed by atoms with Crippen LogP contribution in [-0.4, -0.2) is 16.1 Å². The van der Waals surface area contributed by atoms with E-state index in [1.807, 2.05) is 16.9 Å². The number of aldehydes is 1. The van der Waals surface area contributed by atoms with Gasteiger partial charge >= 0.3 is 0 Å². The molecule has 0 aliphatic rings. The molecular formula is C13H14N2O2. The molecule has 0 bridgehead atoms. The van der Waals surface area contributed by atoms with E-state index in [0.717, 1.165) is 19.3 Å². The molecular weight excluding hydrogens is 216 g/mol. The molecule has 0 unspecified atom stereocenters. The van der Waals surface area contributed by atoms with Crippen LogP contribution < -0.4 is 4.74 Å². The molecule has 1 heterocycles. The van der Waals surface area contributed by atoms with Gasteiger partial charge in [-0.3, -0.25) is 9.48 Å². The zero-order valence-corrected chi connectivity index (χ0v) is 9.67. The first-order valence-electron chi connectivity index (χ1n) is 5.57. The SMILES string of the molecule is CCCn1cc(Oc2cccc(C=O)c2)cn1. The van der Waals surface area contributed by atoms with Gasteiger partial charge < -0.3 is 4.74 Å². The van der Waals surface area contributed by atoms with E-state index in [1.54, 1.807) is 24.4 Å². The van der Waals surface area contributed by atoms with E-state index in [0.29, 0.717) is 17.1 Å². The third kappa shape index (κ3) is 2.93. The lowest BCUT2D eigenvalue weighted by molar-refractivity contribution is 0.112. The first kappa shape index (κ1) is 11.4. The summed E-state index contributed by atoms with van der Waals surface area (Å²) in [6.07, 6.45) is 5.34. The number of benzene rings is 1. The zero-order valence-electron chi connectivity index (χ0n) is 9.67. The van der Waals surface area contributed by atoms with E-state index >= 15 is 0 Å². The highest BCUT2D eigenvalue weighted by molar-refractivity contribution is 5.75. The van der Waals surface area contributed by atoms with Gasteiger partial charge in [-0.1, -0.05) is 19.1 Å². The van der Waals surface area contributed by atoms with Crippen LogP contribution in [0.15, 0.2) is 36.7 Å². The van der Waals surface area contributed by atoms with Crippen molar-refractivity contribution in [1.82, 2.24) is 9.78 Å². The normalized spacial score (nSPS) is 10.2. The number of ether oxygens (including phenoxy) is 1. The molecule has 88 valence electrons. The van der Waals surface area contributed by atoms with E-state index in [2.05, 4.69) is 12.0 Å². The Morgan fingerprint density at radius 3 is 3.06 bits per heavy atom. The molecule has 0 radical (unpaired) electrons. The summed E-state index contributed by atoms with van der Waals surface area (Å²) in [6.45, 7) is 2.97. The zero-order chi connectivity index (χ0) is 12.1. The predicted molar refractivity (Wildman–Crippen MR) is 64.4 cm³/mol. The molecule has 0 amide bonds. The van der Waals surface area contributed by atoms with Crippen LogP contribution in [0.3, 0.4) is 0 Å². The average molecular weight is 230 g/mol. The van der Waals surface area contributed by atoms with Gasteiger partial charge in [0.25, 0.3) is 0 Å². The minimum absolute atomic E-state index is 0.600. The highest BCUT2D eigenvalue weighted by Gasteiger charge is 2.01. The molecule has 0 aliphatic carbocycles. The Balaban J connectivity index is 2.10. The number of rotatable bonds is 5. The second-order valence-corrected chi connectivity index (χ2v) is 3.73. The van der Waals surface area contributed by atoms with Crippen LogP contribution in [0.5, 0.6) is 11.5 Å². The van der Waals surface area contributed by atoms with Crippen molar-refractivity contribution in [3.05, 3.63) is 42.2 Å². The van der Waals surface area contributed by atoms with Crippen LogP contribution in [0, 0.1) is 0 Å². The van der Waals surface area contributed by atoms with Gasteiger partial charge in [0.2, 0.25) is 0 Å². The van der Waals surface area contributed by atoms with Crippen molar-refractivity contribution in [3.63, 3.8) is 0 Å². The Labute approximate surface area is 99.8 Å². The van der Waals surface area contributed by atoms with Crippen molar-refractivity contribution < 1.29 is 9.53 Å². The number of hydrogen-bond donors (Lipinski definition) is 0. The van der Waals surface area contributed by atoms with Crippen LogP contribution in [0.2, 0.25) is 0 Å². The Hall–Kier alpha value is -2.10. The van der Waals surface area contributed by atoms with Gasteiger partial charge in [0, 0.05) is 12.1 Å². The van der Waals surface area contributed by atoms with Gasteiger partial charge in [-0.2, -0.15) is 5.10 Å². The summed E-state index contributed by atoms with van der Waals surface area (Å²) in [6, 6.07) is 7.03. The summed E-state index contributed by atoms with van der Waals surface area (Å²) in [5, 5.41) is 4.17. The maximum Gasteiger partial charge on any atom is 0.165 e.